The highest BCUT2D eigenvalue weighted by atomic mass is 35.5. The molecule has 0 aliphatic carbocycles. The number of aromatic nitrogens is 1. The van der Waals surface area contributed by atoms with Crippen LogP contribution in [0.1, 0.15) is 10.4 Å². The molecule has 6 nitrogen and oxygen atoms in total. The van der Waals surface area contributed by atoms with E-state index in [1.165, 1.54) is 12.1 Å². The molecule has 17 heavy (non-hydrogen) atoms. The van der Waals surface area contributed by atoms with E-state index in [9.17, 15) is 9.59 Å². The quantitative estimate of drug-likeness (QED) is 0.637. The van der Waals surface area contributed by atoms with Crippen LogP contribution in [-0.4, -0.2) is 28.8 Å². The van der Waals surface area contributed by atoms with Gasteiger partial charge in [-0.15, -0.1) is 0 Å². The Balaban J connectivity index is 2.88. The Morgan fingerprint density at radius 1 is 1.65 bits per heavy atom. The highest BCUT2D eigenvalue weighted by molar-refractivity contribution is 6.29. The summed E-state index contributed by atoms with van der Waals surface area (Å²) in [5, 5.41) is 11.2. The van der Waals surface area contributed by atoms with Crippen LogP contribution < -0.4 is 5.32 Å². The molecule has 0 fully saturated rings. The van der Waals surface area contributed by atoms with E-state index in [0.29, 0.717) is 0 Å². The first-order valence-electron chi connectivity index (χ1n) is 4.48. The van der Waals surface area contributed by atoms with Gasteiger partial charge < -0.3 is 9.84 Å². The normalized spacial score (nSPS) is 9.47. The molecule has 1 heterocycles. The zero-order valence-corrected chi connectivity index (χ0v) is 9.40. The number of hydrogen-bond acceptors (Lipinski definition) is 4. The fourth-order valence-electron chi connectivity index (χ4n) is 0.984. The number of nitrogens with one attached hydrogen (secondary N) is 1. The fraction of sp³-hybridized carbons (Fsp3) is 0.100. The summed E-state index contributed by atoms with van der Waals surface area (Å²) < 4.78 is 4.65. The summed E-state index contributed by atoms with van der Waals surface area (Å²) in [6.45, 7) is 3.39. The van der Waals surface area contributed by atoms with E-state index in [-0.39, 0.29) is 23.0 Å². The maximum Gasteiger partial charge on any atom is 0.411 e. The minimum absolute atomic E-state index is 0.0200. The Morgan fingerprint density at radius 2 is 2.35 bits per heavy atom. The van der Waals surface area contributed by atoms with Crippen molar-refractivity contribution in [3.63, 3.8) is 0 Å². The monoisotopic (exact) mass is 256 g/mol. The lowest BCUT2D eigenvalue weighted by Gasteiger charge is -2.08. The zero-order chi connectivity index (χ0) is 12.8. The van der Waals surface area contributed by atoms with Gasteiger partial charge >= 0.3 is 12.1 Å². The number of amides is 1. The number of ether oxygens (including phenoxy) is 1. The van der Waals surface area contributed by atoms with Crippen molar-refractivity contribution in [1.29, 1.82) is 0 Å². The van der Waals surface area contributed by atoms with Gasteiger partial charge in [-0.3, -0.25) is 5.32 Å². The van der Waals surface area contributed by atoms with Crippen LogP contribution in [0.5, 0.6) is 0 Å². The second-order valence-electron chi connectivity index (χ2n) is 2.87. The van der Waals surface area contributed by atoms with Gasteiger partial charge in [0, 0.05) is 12.3 Å². The molecule has 0 unspecified atom stereocenters. The summed E-state index contributed by atoms with van der Waals surface area (Å²) in [6, 6.07) is 1.22. The molecule has 0 aromatic carbocycles. The fourth-order valence-corrected chi connectivity index (χ4v) is 1.14. The summed E-state index contributed by atoms with van der Waals surface area (Å²) in [4.78, 5) is 25.7. The van der Waals surface area contributed by atoms with Gasteiger partial charge in [0.2, 0.25) is 0 Å². The minimum Gasteiger partial charge on any atom is -0.478 e. The summed E-state index contributed by atoms with van der Waals surface area (Å²) in [6.07, 6.45) is 1.64. The topological polar surface area (TPSA) is 88.5 Å². The van der Waals surface area contributed by atoms with Crippen molar-refractivity contribution in [1.82, 2.24) is 4.98 Å². The average molecular weight is 257 g/mol. The molecule has 0 aliphatic heterocycles. The maximum absolute atomic E-state index is 11.2. The van der Waals surface area contributed by atoms with Crippen molar-refractivity contribution in [2.45, 2.75) is 0 Å². The maximum atomic E-state index is 11.2. The first-order chi connectivity index (χ1) is 8.04. The summed E-state index contributed by atoms with van der Waals surface area (Å²) >= 11 is 5.60. The number of nitrogens with zero attached hydrogens (tertiary/aromatic N) is 1. The van der Waals surface area contributed by atoms with Gasteiger partial charge in [-0.25, -0.2) is 14.6 Å². The van der Waals surface area contributed by atoms with Gasteiger partial charge in [0.15, 0.2) is 0 Å². The number of anilines is 1. The molecule has 0 atom stereocenters. The van der Waals surface area contributed by atoms with Crippen molar-refractivity contribution >= 4 is 29.4 Å². The molecule has 0 aliphatic rings. The van der Waals surface area contributed by atoms with Gasteiger partial charge in [0.25, 0.3) is 0 Å². The number of halogens is 1. The number of carboxylic acid groups (broad SMARTS) is 1. The lowest BCUT2D eigenvalue weighted by molar-refractivity contribution is 0.0697. The molecule has 1 amide bonds. The third kappa shape index (κ3) is 3.76. The third-order valence-corrected chi connectivity index (χ3v) is 1.88. The number of carbonyl (C=O) groups excluding carboxylic acids is 1. The highest BCUT2D eigenvalue weighted by Gasteiger charge is 2.14. The van der Waals surface area contributed by atoms with E-state index in [0.717, 1.165) is 6.20 Å². The second kappa shape index (κ2) is 5.86. The number of hydrogen-bond donors (Lipinski definition) is 2. The van der Waals surface area contributed by atoms with Crippen LogP contribution in [0.15, 0.2) is 24.9 Å². The van der Waals surface area contributed by atoms with Crippen LogP contribution in [0.4, 0.5) is 10.5 Å². The third-order valence-electron chi connectivity index (χ3n) is 1.67. The van der Waals surface area contributed by atoms with Crippen LogP contribution in [0.3, 0.4) is 0 Å². The van der Waals surface area contributed by atoms with Crippen LogP contribution >= 0.6 is 11.6 Å². The Labute approximate surface area is 102 Å². The molecule has 1 aromatic rings. The summed E-state index contributed by atoms with van der Waals surface area (Å²) in [5.41, 5.74) is -0.156. The van der Waals surface area contributed by atoms with E-state index in [4.69, 9.17) is 16.7 Å². The first-order valence-corrected chi connectivity index (χ1v) is 4.86. The molecule has 0 bridgehead atoms. The lowest BCUT2D eigenvalue weighted by Crippen LogP contribution is -2.16. The van der Waals surface area contributed by atoms with Gasteiger partial charge in [-0.05, 0) is 0 Å². The molecule has 0 spiro atoms. The average Bonchev–Trinajstić information content (AvgIpc) is 2.26. The standard InChI is InChI=1S/C10H9ClN2O4/c1-2-3-17-10(16)13-7-4-8(11)12-5-6(7)9(14)15/h2,4-5H,1,3H2,(H,14,15)(H,12,13,16). The Kier molecular flexibility index (Phi) is 4.47. The predicted octanol–water partition coefficient (Wildman–Crippen LogP) is 2.17. The van der Waals surface area contributed by atoms with E-state index < -0.39 is 12.1 Å². The minimum atomic E-state index is -1.23. The number of carboxylic acids is 1. The Morgan fingerprint density at radius 3 is 2.94 bits per heavy atom. The van der Waals surface area contributed by atoms with E-state index in [1.807, 2.05) is 0 Å². The summed E-state index contributed by atoms with van der Waals surface area (Å²) in [7, 11) is 0. The van der Waals surface area contributed by atoms with Crippen molar-refractivity contribution < 1.29 is 19.4 Å². The second-order valence-corrected chi connectivity index (χ2v) is 3.26. The van der Waals surface area contributed by atoms with E-state index in [1.54, 1.807) is 0 Å². The van der Waals surface area contributed by atoms with Crippen molar-refractivity contribution in [2.24, 2.45) is 0 Å². The number of pyridine rings is 1. The molecular weight excluding hydrogens is 248 g/mol. The van der Waals surface area contributed by atoms with Crippen LogP contribution in [-0.2, 0) is 4.74 Å². The molecule has 90 valence electrons. The predicted molar refractivity (Wildman–Crippen MR) is 61.4 cm³/mol. The largest absolute Gasteiger partial charge is 0.478 e. The highest BCUT2D eigenvalue weighted by Crippen LogP contribution is 2.18. The molecule has 0 radical (unpaired) electrons. The molecule has 0 saturated carbocycles. The van der Waals surface area contributed by atoms with Gasteiger partial charge in [-0.1, -0.05) is 24.3 Å². The number of carbonyl (C=O) groups is 2. The Hall–Kier alpha value is -2.08. The smallest absolute Gasteiger partial charge is 0.411 e. The first kappa shape index (κ1) is 13.0. The van der Waals surface area contributed by atoms with Crippen LogP contribution in [0.2, 0.25) is 5.15 Å². The molecule has 1 aromatic heterocycles. The van der Waals surface area contributed by atoms with Gasteiger partial charge in [0.1, 0.15) is 17.3 Å². The molecule has 1 rings (SSSR count). The van der Waals surface area contributed by atoms with E-state index >= 15 is 0 Å². The number of aromatic carboxylic acids is 1. The van der Waals surface area contributed by atoms with Crippen LogP contribution in [0.25, 0.3) is 0 Å². The van der Waals surface area contributed by atoms with E-state index in [2.05, 4.69) is 21.6 Å². The van der Waals surface area contributed by atoms with Crippen molar-refractivity contribution in [3.05, 3.63) is 35.6 Å². The molecule has 7 heteroatoms. The van der Waals surface area contributed by atoms with Crippen LogP contribution in [0, 0.1) is 0 Å². The Bertz CT molecular complexity index is 462. The molecule has 0 saturated heterocycles. The molecular formula is C10H9ClN2O4. The van der Waals surface area contributed by atoms with Gasteiger partial charge in [-0.2, -0.15) is 0 Å². The summed E-state index contributed by atoms with van der Waals surface area (Å²) in [5.74, 6) is -1.23. The zero-order valence-electron chi connectivity index (χ0n) is 8.64. The lowest BCUT2D eigenvalue weighted by atomic mass is 10.2. The number of rotatable bonds is 4. The van der Waals surface area contributed by atoms with Crippen molar-refractivity contribution in [3.8, 4) is 0 Å². The molecule has 2 N–H and O–H groups in total. The van der Waals surface area contributed by atoms with Crippen molar-refractivity contribution in [2.75, 3.05) is 11.9 Å². The SMILES string of the molecule is C=CCOC(=O)Nc1cc(Cl)ncc1C(=O)O. The van der Waals surface area contributed by atoms with Gasteiger partial charge in [0.05, 0.1) is 5.69 Å².